The smallest absolute Gasteiger partial charge is 0.325 e. The molecule has 7 aromatic heterocycles. The summed E-state index contributed by atoms with van der Waals surface area (Å²) in [5, 5.41) is 48.0. The molecule has 0 aliphatic carbocycles. The number of aromatic hydroxyl groups is 1. The Labute approximate surface area is 563 Å². The summed E-state index contributed by atoms with van der Waals surface area (Å²) in [7, 11) is 0. The van der Waals surface area contributed by atoms with Crippen LogP contribution in [0.2, 0.25) is 0 Å². The summed E-state index contributed by atoms with van der Waals surface area (Å²) in [5.41, 5.74) is 7.75. The normalized spacial score (nSPS) is 17.9. The monoisotopic (exact) mass is 1390 g/mol. The molecule has 2 aliphatic heterocycles. The summed E-state index contributed by atoms with van der Waals surface area (Å²) in [6.07, 6.45) is -0.385. The molecule has 2 aromatic carbocycles. The summed E-state index contributed by atoms with van der Waals surface area (Å²) < 4.78 is 5.76. The van der Waals surface area contributed by atoms with E-state index in [2.05, 4.69) is 60.3 Å². The molecular weight excluding hydrogens is 1340 g/mol. The van der Waals surface area contributed by atoms with Crippen LogP contribution in [-0.2, 0) is 41.6 Å². The molecule has 7 atom stereocenters. The van der Waals surface area contributed by atoms with E-state index in [1.54, 1.807) is 41.9 Å². The predicted molar refractivity (Wildman–Crippen MR) is 354 cm³/mol. The second-order valence-electron chi connectivity index (χ2n) is 21.7. The van der Waals surface area contributed by atoms with Gasteiger partial charge >= 0.3 is 5.97 Å². The zero-order valence-electron chi connectivity index (χ0n) is 50.2. The zero-order valence-corrected chi connectivity index (χ0v) is 55.1. The van der Waals surface area contributed by atoms with Crippen LogP contribution in [0.4, 0.5) is 0 Å². The van der Waals surface area contributed by atoms with E-state index >= 15 is 0 Å². The summed E-state index contributed by atoms with van der Waals surface area (Å²) >= 11 is 6.87. The summed E-state index contributed by atoms with van der Waals surface area (Å²) in [5.74, 6) is -7.78. The molecule has 33 heteroatoms. The second-order valence-corrected chi connectivity index (χ2v) is 27.3. The fourth-order valence-corrected chi connectivity index (χ4v) is 14.9. The van der Waals surface area contributed by atoms with Crippen LogP contribution in [0.5, 0.6) is 5.75 Å². The van der Waals surface area contributed by atoms with Crippen molar-refractivity contribution in [1.82, 2.24) is 72.1 Å². The van der Waals surface area contributed by atoms with Crippen molar-refractivity contribution < 1.29 is 58.1 Å². The Balaban J connectivity index is 0.951. The number of carbonyl (C=O) groups is 9. The molecule has 1 saturated heterocycles. The minimum Gasteiger partial charge on any atom is -0.508 e. The molecule has 1 fully saturated rings. The molecule has 0 saturated carbocycles. The van der Waals surface area contributed by atoms with Gasteiger partial charge in [-0.1, -0.05) is 62.5 Å². The summed E-state index contributed by atoms with van der Waals surface area (Å²) in [6, 6.07) is 13.7. The third-order valence-electron chi connectivity index (χ3n) is 14.8. The minimum absolute atomic E-state index is 0.000883. The lowest BCUT2D eigenvalue weighted by Crippen LogP contribution is -2.50. The lowest BCUT2D eigenvalue weighted by atomic mass is 9.97. The van der Waals surface area contributed by atoms with Crippen molar-refractivity contribution in [2.24, 2.45) is 11.7 Å². The van der Waals surface area contributed by atoms with Crippen molar-refractivity contribution in [3.8, 4) is 49.1 Å². The maximum atomic E-state index is 14.9. The van der Waals surface area contributed by atoms with E-state index in [4.69, 9.17) is 40.5 Å². The van der Waals surface area contributed by atoms with Crippen molar-refractivity contribution in [1.29, 1.82) is 0 Å². The van der Waals surface area contributed by atoms with E-state index in [9.17, 15) is 48.3 Å². The van der Waals surface area contributed by atoms with Gasteiger partial charge < -0.3 is 57.9 Å². The lowest BCUT2D eigenvalue weighted by molar-refractivity contribution is -0.140. The maximum absolute atomic E-state index is 14.9. The number of phenols is 1. The number of nitrogens with zero attached hydrogens (tertiary/aromatic N) is 7. The Hall–Kier alpha value is -10.2. The summed E-state index contributed by atoms with van der Waals surface area (Å²) in [4.78, 5) is 155. The number of hydrogen-bond acceptors (Lipinski definition) is 24. The Bertz CT molecular complexity index is 4510. The molecule has 0 spiro atoms. The highest BCUT2D eigenvalue weighted by Gasteiger charge is 2.40. The van der Waals surface area contributed by atoms with Gasteiger partial charge in [-0.05, 0) is 55.7 Å². The minimum atomic E-state index is -1.32. The van der Waals surface area contributed by atoms with E-state index in [1.807, 2.05) is 37.3 Å². The lowest BCUT2D eigenvalue weighted by Gasteiger charge is -2.26. The number of aliphatic carboxylic acids is 1. The number of carboxylic acids is 1. The number of epoxide rings is 1. The fourth-order valence-electron chi connectivity index (χ4n) is 9.64. The number of rotatable bonds is 16. The van der Waals surface area contributed by atoms with Crippen LogP contribution in [0.1, 0.15) is 111 Å². The number of aromatic nitrogens is 7. The first-order chi connectivity index (χ1) is 45.5. The molecule has 9 aromatic rings. The van der Waals surface area contributed by atoms with Crippen LogP contribution in [-0.4, -0.2) is 123 Å². The number of amides is 8. The highest BCUT2D eigenvalue weighted by molar-refractivity contribution is 7.15. The zero-order chi connectivity index (χ0) is 67.4. The average molecular weight is 1390 g/mol. The second kappa shape index (κ2) is 28.6. The van der Waals surface area contributed by atoms with Gasteiger partial charge in [0.05, 0.1) is 54.3 Å². The molecule has 11 N–H and O–H groups in total. The van der Waals surface area contributed by atoms with E-state index in [0.29, 0.717) is 54.0 Å². The van der Waals surface area contributed by atoms with Crippen molar-refractivity contribution in [2.45, 2.75) is 76.3 Å². The number of ether oxygens (including phenoxy) is 1. The molecule has 8 amide bonds. The van der Waals surface area contributed by atoms with Gasteiger partial charge in [0.1, 0.15) is 87.7 Å². The van der Waals surface area contributed by atoms with E-state index in [0.717, 1.165) is 50.9 Å². The van der Waals surface area contributed by atoms with Crippen LogP contribution < -0.4 is 43.0 Å². The third-order valence-corrected chi connectivity index (χ3v) is 20.4. The van der Waals surface area contributed by atoms with Crippen LogP contribution in [0, 0.1) is 12.8 Å². The van der Waals surface area contributed by atoms with Crippen LogP contribution in [0.25, 0.3) is 43.4 Å². The summed E-state index contributed by atoms with van der Waals surface area (Å²) in [6.45, 7) is 12.3. The Morgan fingerprint density at radius 2 is 1.22 bits per heavy atom. The van der Waals surface area contributed by atoms with Gasteiger partial charge in [0, 0.05) is 49.7 Å². The highest BCUT2D eigenvalue weighted by Crippen LogP contribution is 2.40. The number of pyridine rings is 1. The molecule has 9 heterocycles. The number of fused-ring (bicyclic) bond motifs is 14. The topological polar surface area (TPSA) is 407 Å². The molecule has 10 bridgehead atoms. The quantitative estimate of drug-likeness (QED) is 0.0361. The first-order valence-electron chi connectivity index (χ1n) is 28.8. The molecule has 11 rings (SSSR count). The first kappa shape index (κ1) is 66.3. The Morgan fingerprint density at radius 1 is 0.621 bits per heavy atom. The van der Waals surface area contributed by atoms with Gasteiger partial charge in [-0.15, -0.1) is 68.0 Å². The van der Waals surface area contributed by atoms with Gasteiger partial charge in [0.15, 0.2) is 0 Å². The molecule has 0 unspecified atom stereocenters. The molecular formula is C62H55N15O12S6. The number of nitrogens with two attached hydrogens (primary N) is 1. The fraction of sp³-hybridized carbons (Fsp3) is 0.226. The van der Waals surface area contributed by atoms with Gasteiger partial charge in [0.2, 0.25) is 11.8 Å². The van der Waals surface area contributed by atoms with Crippen molar-refractivity contribution >= 4 is 121 Å². The molecule has 95 heavy (non-hydrogen) atoms. The van der Waals surface area contributed by atoms with Gasteiger partial charge in [-0.3, -0.25) is 43.2 Å². The first-order valence-corrected chi connectivity index (χ1v) is 34.0. The SMILES string of the molecule is C=C(NC(=O)c1csc(-c2ccc3c(n2)-c2csc(n2)-c2csc(n2)[C@H]([C@H](C)[C@@H]2CO2)NC(=O)[C@H](Cc2ccc(O)cc2)NC(=O)c2csc(n2)[C@H](Cc2ccccc2)NC(=O)c2nc(sc2C)[C@H](CC(N)=O)NC(=O)c2csc-3n2)n1)C(=O)NC(=C)C(=O)N[C@@H](C)C(=O)O. The van der Waals surface area contributed by atoms with Crippen LogP contribution >= 0.6 is 68.0 Å². The molecule has 27 nitrogen and oxygen atoms in total. The third kappa shape index (κ3) is 15.7. The number of hydrogen-bond donors (Lipinski definition) is 10. The standard InChI is InChI=1S/C62H55N15O12S6/c1-26(44-20-89-44)46-61-75-43(25-94-61)59-71-39(21-91-59)48-34(15-16-35(67-48)57-73-40(23-92-57)52(83)65-28(3)49(80)64-27(2)50(81)66-29(4)62(87)88)56-72-41(22-90-56)54(85)69-38(19-45(63)79)60-77-47(30(5)95-60)55(86)70-37(18-31-9-7-6-8-10-31)58-74-42(24-93-58)53(84)68-36(51(82)76-46)17-32-11-13-33(78)14-12-32/h6-16,21-26,29,36-38,44,46,78H,2-3,17-20H2,1,4-5H3,(H2,63,79)(H,64,80)(H,65,83)(H,66,81)(H,68,84)(H,69,85)(H,70,86)(H,76,82)(H,87,88)/t26-,29+,36+,37+,38+,44+,46+/m1/s1. The number of carboxylic acid groups (broad SMARTS) is 1. The van der Waals surface area contributed by atoms with Crippen molar-refractivity contribution in [2.75, 3.05) is 6.61 Å². The van der Waals surface area contributed by atoms with Crippen molar-refractivity contribution in [3.05, 3.63) is 172 Å². The number of thiazole rings is 6. The number of aryl methyl sites for hydroxylation is 1. The van der Waals surface area contributed by atoms with Crippen LogP contribution in [0.15, 0.2) is 118 Å². The van der Waals surface area contributed by atoms with Gasteiger partial charge in [-0.25, -0.2) is 34.9 Å². The average Bonchev–Trinajstić information content (AvgIpc) is 1.69. The molecule has 0 radical (unpaired) electrons. The maximum Gasteiger partial charge on any atom is 0.325 e. The van der Waals surface area contributed by atoms with Gasteiger partial charge in [0.25, 0.3) is 35.4 Å². The van der Waals surface area contributed by atoms with E-state index in [1.165, 1.54) is 57.9 Å². The molecule has 486 valence electrons. The van der Waals surface area contributed by atoms with E-state index < -0.39 is 101 Å². The van der Waals surface area contributed by atoms with Crippen LogP contribution in [0.3, 0.4) is 0 Å². The number of primary amides is 1. The number of nitrogens with one attached hydrogen (secondary N) is 7. The van der Waals surface area contributed by atoms with Gasteiger partial charge in [-0.2, -0.15) is 0 Å². The number of phenolic OH excluding ortho intramolecular Hbond substituents is 1. The number of benzene rings is 2. The Morgan fingerprint density at radius 3 is 1.95 bits per heavy atom. The van der Waals surface area contributed by atoms with Crippen molar-refractivity contribution in [3.63, 3.8) is 0 Å². The molecule has 2 aliphatic rings. The number of carbonyl (C=O) groups excluding carboxylic acids is 8. The Kier molecular flexibility index (Phi) is 20.0. The van der Waals surface area contributed by atoms with E-state index in [-0.39, 0.29) is 74.8 Å². The largest absolute Gasteiger partial charge is 0.508 e. The highest BCUT2D eigenvalue weighted by atomic mass is 32.1. The predicted octanol–water partition coefficient (Wildman–Crippen LogP) is 6.57.